The first-order valence-corrected chi connectivity index (χ1v) is 9.26. The molecule has 1 saturated heterocycles. The van der Waals surface area contributed by atoms with Gasteiger partial charge in [-0.3, -0.25) is 14.4 Å². The Morgan fingerprint density at radius 2 is 1.43 bits per heavy atom. The highest BCUT2D eigenvalue weighted by Gasteiger charge is 2.41. The van der Waals surface area contributed by atoms with E-state index in [1.807, 2.05) is 0 Å². The Kier molecular flexibility index (Phi) is 3.57. The zero-order valence-electron chi connectivity index (χ0n) is 14.9. The molecule has 2 aliphatic carbocycles. The number of rotatable bonds is 2. The van der Waals surface area contributed by atoms with Gasteiger partial charge in [0.1, 0.15) is 11.5 Å². The summed E-state index contributed by atoms with van der Waals surface area (Å²) in [6, 6.07) is 6.45. The third-order valence-electron chi connectivity index (χ3n) is 5.93. The number of amides is 1. The molecule has 0 aromatic heterocycles. The topological polar surface area (TPSA) is 116 Å². The van der Waals surface area contributed by atoms with Gasteiger partial charge in [-0.15, -0.1) is 0 Å². The Bertz CT molecular complexity index is 1000. The SMILES string of the molecule is O=C1c2ccccc2C(=O)c2c(O)c3c(c(O)c21)CC(C(=O)NC1CNC1)C3. The standard InChI is InChI=1S/C21H18N2O5/c24-17-11-3-1-2-4-12(11)18(25)16-15(17)19(26)13-5-9(6-14(13)20(16)27)21(28)23-10-7-22-8-10/h1-4,9-10,22,26-27H,5-8H2,(H,23,28). The van der Waals surface area contributed by atoms with Crippen molar-refractivity contribution in [1.82, 2.24) is 10.6 Å². The van der Waals surface area contributed by atoms with Gasteiger partial charge in [-0.1, -0.05) is 24.3 Å². The van der Waals surface area contributed by atoms with Gasteiger partial charge in [0.25, 0.3) is 0 Å². The smallest absolute Gasteiger partial charge is 0.224 e. The van der Waals surface area contributed by atoms with Gasteiger partial charge < -0.3 is 20.8 Å². The summed E-state index contributed by atoms with van der Waals surface area (Å²) >= 11 is 0. The summed E-state index contributed by atoms with van der Waals surface area (Å²) in [5.74, 6) is -2.18. The molecule has 0 atom stereocenters. The van der Waals surface area contributed by atoms with Gasteiger partial charge in [-0.2, -0.15) is 0 Å². The molecule has 7 heteroatoms. The predicted octanol–water partition coefficient (Wildman–Crippen LogP) is 0.676. The number of aromatic hydroxyl groups is 2. The van der Waals surface area contributed by atoms with Crippen LogP contribution in [0.4, 0.5) is 0 Å². The van der Waals surface area contributed by atoms with Gasteiger partial charge in [0.15, 0.2) is 11.6 Å². The zero-order chi connectivity index (χ0) is 19.6. The Balaban J connectivity index is 1.57. The minimum atomic E-state index is -0.491. The van der Waals surface area contributed by atoms with Crippen LogP contribution in [-0.4, -0.2) is 46.8 Å². The zero-order valence-corrected chi connectivity index (χ0v) is 14.9. The molecule has 2 aromatic rings. The Morgan fingerprint density at radius 3 is 1.86 bits per heavy atom. The summed E-state index contributed by atoms with van der Waals surface area (Å²) in [6.45, 7) is 1.44. The first kappa shape index (κ1) is 16.9. The molecule has 7 nitrogen and oxygen atoms in total. The molecule has 1 aliphatic heterocycles. The quantitative estimate of drug-likeness (QED) is 0.488. The van der Waals surface area contributed by atoms with Crippen molar-refractivity contribution in [2.45, 2.75) is 18.9 Å². The summed E-state index contributed by atoms with van der Waals surface area (Å²) < 4.78 is 0. The van der Waals surface area contributed by atoms with E-state index in [0.29, 0.717) is 11.1 Å². The van der Waals surface area contributed by atoms with Gasteiger partial charge in [0, 0.05) is 41.3 Å². The van der Waals surface area contributed by atoms with Crippen LogP contribution in [0, 0.1) is 5.92 Å². The summed E-state index contributed by atoms with van der Waals surface area (Å²) in [5.41, 5.74) is 0.847. The van der Waals surface area contributed by atoms with Crippen LogP contribution in [0.3, 0.4) is 0 Å². The number of benzene rings is 2. The lowest BCUT2D eigenvalue weighted by Gasteiger charge is -2.29. The lowest BCUT2D eigenvalue weighted by molar-refractivity contribution is -0.125. The van der Waals surface area contributed by atoms with Gasteiger partial charge in [0.05, 0.1) is 17.2 Å². The number of phenols is 2. The molecule has 28 heavy (non-hydrogen) atoms. The van der Waals surface area contributed by atoms with Crippen LogP contribution in [0.15, 0.2) is 24.3 Å². The highest BCUT2D eigenvalue weighted by molar-refractivity contribution is 6.30. The highest BCUT2D eigenvalue weighted by atomic mass is 16.3. The Hall–Kier alpha value is -3.19. The number of phenolic OH excluding ortho intramolecular Hbond substituents is 2. The van der Waals surface area contributed by atoms with E-state index in [9.17, 15) is 24.6 Å². The van der Waals surface area contributed by atoms with Crippen molar-refractivity contribution in [3.05, 3.63) is 57.6 Å². The molecule has 0 saturated carbocycles. The first-order valence-electron chi connectivity index (χ1n) is 9.26. The van der Waals surface area contributed by atoms with Crippen LogP contribution in [-0.2, 0) is 17.6 Å². The summed E-state index contributed by atoms with van der Waals surface area (Å²) in [5, 5.41) is 27.6. The molecular weight excluding hydrogens is 360 g/mol. The highest BCUT2D eigenvalue weighted by Crippen LogP contribution is 2.47. The fourth-order valence-electron chi connectivity index (χ4n) is 4.31. The molecule has 4 N–H and O–H groups in total. The number of ketones is 2. The summed E-state index contributed by atoms with van der Waals surface area (Å²) in [7, 11) is 0. The molecule has 2 aromatic carbocycles. The number of hydrogen-bond donors (Lipinski definition) is 4. The maximum atomic E-state index is 12.9. The molecular formula is C21H18N2O5. The average molecular weight is 378 g/mol. The summed E-state index contributed by atoms with van der Waals surface area (Å²) in [4.78, 5) is 38.4. The van der Waals surface area contributed by atoms with E-state index in [4.69, 9.17) is 0 Å². The molecule has 1 amide bonds. The molecule has 0 radical (unpaired) electrons. The van der Waals surface area contributed by atoms with Crippen LogP contribution >= 0.6 is 0 Å². The van der Waals surface area contributed by atoms with E-state index in [-0.39, 0.29) is 58.5 Å². The lowest BCUT2D eigenvalue weighted by atomic mass is 9.81. The van der Waals surface area contributed by atoms with Crippen LogP contribution < -0.4 is 10.6 Å². The van der Waals surface area contributed by atoms with Gasteiger partial charge in [0.2, 0.25) is 5.91 Å². The van der Waals surface area contributed by atoms with Crippen molar-refractivity contribution in [3.63, 3.8) is 0 Å². The minimum absolute atomic E-state index is 0.0873. The van der Waals surface area contributed by atoms with Crippen LogP contribution in [0.1, 0.15) is 43.0 Å². The molecule has 3 aliphatic rings. The predicted molar refractivity (Wildman–Crippen MR) is 98.8 cm³/mol. The second-order valence-electron chi connectivity index (χ2n) is 7.58. The second kappa shape index (κ2) is 5.90. The van der Waals surface area contributed by atoms with Crippen molar-refractivity contribution in [3.8, 4) is 11.5 Å². The molecule has 1 heterocycles. The van der Waals surface area contributed by atoms with E-state index >= 15 is 0 Å². The van der Waals surface area contributed by atoms with E-state index in [0.717, 1.165) is 13.1 Å². The monoisotopic (exact) mass is 378 g/mol. The number of carbonyl (C=O) groups excluding carboxylic acids is 3. The molecule has 5 rings (SSSR count). The number of fused-ring (bicyclic) bond motifs is 3. The van der Waals surface area contributed by atoms with Crippen molar-refractivity contribution < 1.29 is 24.6 Å². The van der Waals surface area contributed by atoms with Gasteiger partial charge in [-0.05, 0) is 12.8 Å². The minimum Gasteiger partial charge on any atom is -0.507 e. The largest absolute Gasteiger partial charge is 0.507 e. The normalized spacial score (nSPS) is 18.3. The Morgan fingerprint density at radius 1 is 0.929 bits per heavy atom. The van der Waals surface area contributed by atoms with E-state index in [1.54, 1.807) is 12.1 Å². The third-order valence-corrected chi connectivity index (χ3v) is 5.93. The molecule has 0 bridgehead atoms. The molecule has 142 valence electrons. The third kappa shape index (κ3) is 2.23. The van der Waals surface area contributed by atoms with E-state index < -0.39 is 17.5 Å². The lowest BCUT2D eigenvalue weighted by Crippen LogP contribution is -2.58. The van der Waals surface area contributed by atoms with Crippen molar-refractivity contribution in [1.29, 1.82) is 0 Å². The van der Waals surface area contributed by atoms with Gasteiger partial charge in [-0.25, -0.2) is 0 Å². The first-order chi connectivity index (χ1) is 13.5. The maximum Gasteiger partial charge on any atom is 0.224 e. The van der Waals surface area contributed by atoms with Crippen molar-refractivity contribution in [2.24, 2.45) is 5.92 Å². The summed E-state index contributed by atoms with van der Waals surface area (Å²) in [6.07, 6.45) is 0.439. The fraction of sp³-hybridized carbons (Fsp3) is 0.286. The van der Waals surface area contributed by atoms with Gasteiger partial charge >= 0.3 is 0 Å². The van der Waals surface area contributed by atoms with E-state index in [2.05, 4.69) is 10.6 Å². The average Bonchev–Trinajstić information content (AvgIpc) is 3.12. The number of carbonyl (C=O) groups is 3. The molecule has 0 unspecified atom stereocenters. The second-order valence-corrected chi connectivity index (χ2v) is 7.58. The van der Waals surface area contributed by atoms with Crippen molar-refractivity contribution >= 4 is 17.5 Å². The number of hydrogen-bond acceptors (Lipinski definition) is 6. The van der Waals surface area contributed by atoms with E-state index in [1.165, 1.54) is 12.1 Å². The molecule has 1 fully saturated rings. The van der Waals surface area contributed by atoms with Crippen molar-refractivity contribution in [2.75, 3.05) is 13.1 Å². The van der Waals surface area contributed by atoms with Crippen LogP contribution in [0.25, 0.3) is 0 Å². The van der Waals surface area contributed by atoms with Crippen LogP contribution in [0.2, 0.25) is 0 Å². The van der Waals surface area contributed by atoms with Crippen LogP contribution in [0.5, 0.6) is 11.5 Å². The number of nitrogens with one attached hydrogen (secondary N) is 2. The Labute approximate surface area is 160 Å². The fourth-order valence-corrected chi connectivity index (χ4v) is 4.31. The molecule has 0 spiro atoms. The maximum absolute atomic E-state index is 12.9.